The van der Waals surface area contributed by atoms with Crippen LogP contribution in [-0.4, -0.2) is 4.98 Å². The molecule has 0 saturated heterocycles. The summed E-state index contributed by atoms with van der Waals surface area (Å²) in [6.45, 7) is 1.75. The Labute approximate surface area is 63.6 Å². The lowest BCUT2D eigenvalue weighted by atomic mass is 10.3. The van der Waals surface area contributed by atoms with Gasteiger partial charge in [-0.25, -0.2) is 4.98 Å². The van der Waals surface area contributed by atoms with Gasteiger partial charge in [0.15, 0.2) is 5.69 Å². The van der Waals surface area contributed by atoms with Gasteiger partial charge < -0.3 is 10.7 Å². The van der Waals surface area contributed by atoms with E-state index in [0.29, 0.717) is 16.5 Å². The predicted octanol–water partition coefficient (Wildman–Crippen LogP) is 0.736. The Morgan fingerprint density at radius 3 is 2.80 bits per heavy atom. The van der Waals surface area contributed by atoms with Gasteiger partial charge in [-0.1, -0.05) is 11.6 Å². The molecule has 1 aromatic heterocycles. The molecule has 10 heavy (non-hydrogen) atoms. The molecule has 0 fully saturated rings. The molecule has 1 rings (SSSR count). The maximum absolute atomic E-state index is 10.3. The van der Waals surface area contributed by atoms with Gasteiger partial charge in [0.2, 0.25) is 0 Å². The first kappa shape index (κ1) is 7.47. The van der Waals surface area contributed by atoms with Gasteiger partial charge in [0.25, 0.3) is 0 Å². The number of rotatable bonds is 1. The summed E-state index contributed by atoms with van der Waals surface area (Å²) in [5, 5.41) is 10.7. The molecule has 0 bridgehead atoms. The number of nitrogens with two attached hydrogens (primary N) is 1. The molecule has 0 unspecified atom stereocenters. The Balaban J connectivity index is 3.07. The summed E-state index contributed by atoms with van der Waals surface area (Å²) in [7, 11) is 0. The van der Waals surface area contributed by atoms with Crippen molar-refractivity contribution in [1.82, 2.24) is 4.98 Å². The van der Waals surface area contributed by atoms with Crippen LogP contribution < -0.4 is 5.48 Å². The minimum Gasteiger partial charge on any atom is -0.630 e. The Morgan fingerprint density at radius 1 is 1.60 bits per heavy atom. The number of pyridine rings is 1. The highest BCUT2D eigenvalue weighted by atomic mass is 35.5. The maximum atomic E-state index is 10.3. The monoisotopic (exact) mass is 158 g/mol. The molecule has 3 nitrogen and oxygen atoms in total. The average molecular weight is 159 g/mol. The summed E-state index contributed by atoms with van der Waals surface area (Å²) in [6.07, 6.45) is 0. The Kier molecular flexibility index (Phi) is 2.21. The summed E-state index contributed by atoms with van der Waals surface area (Å²) in [6, 6.07) is 3.25. The molecule has 0 saturated carbocycles. The molecule has 0 amide bonds. The lowest BCUT2D eigenvalue weighted by molar-refractivity contribution is -0.497. The van der Waals surface area contributed by atoms with Crippen molar-refractivity contribution in [1.29, 1.82) is 0 Å². The van der Waals surface area contributed by atoms with Crippen molar-refractivity contribution in [2.24, 2.45) is 0 Å². The van der Waals surface area contributed by atoms with E-state index in [-0.39, 0.29) is 0 Å². The number of aryl methyl sites for hydroxylation is 1. The molecular formula is C6H7ClN2O. The van der Waals surface area contributed by atoms with E-state index in [2.05, 4.69) is 4.98 Å². The van der Waals surface area contributed by atoms with Crippen LogP contribution in [0.25, 0.3) is 0 Å². The molecule has 4 heteroatoms. The smallest absolute Gasteiger partial charge is 0.151 e. The number of hydrogen-bond acceptors (Lipinski definition) is 2. The van der Waals surface area contributed by atoms with E-state index in [4.69, 9.17) is 11.6 Å². The van der Waals surface area contributed by atoms with E-state index in [0.717, 1.165) is 5.48 Å². The Hall–Kier alpha value is -0.640. The van der Waals surface area contributed by atoms with Gasteiger partial charge in [-0.2, -0.15) is 0 Å². The van der Waals surface area contributed by atoms with Gasteiger partial charge >= 0.3 is 0 Å². The van der Waals surface area contributed by atoms with Crippen molar-refractivity contribution in [2.75, 3.05) is 0 Å². The first-order valence-electron chi connectivity index (χ1n) is 2.82. The van der Waals surface area contributed by atoms with E-state index in [1.54, 1.807) is 19.1 Å². The highest BCUT2D eigenvalue weighted by Gasteiger charge is 1.98. The molecule has 0 aliphatic rings. The zero-order valence-corrected chi connectivity index (χ0v) is 6.22. The van der Waals surface area contributed by atoms with Crippen LogP contribution in [0.5, 0.6) is 0 Å². The third-order valence-electron chi connectivity index (χ3n) is 1.22. The van der Waals surface area contributed by atoms with Crippen molar-refractivity contribution in [3.05, 3.63) is 28.2 Å². The molecule has 0 atom stereocenters. The van der Waals surface area contributed by atoms with Crippen molar-refractivity contribution < 1.29 is 5.48 Å². The predicted molar refractivity (Wildman–Crippen MR) is 38.9 cm³/mol. The fourth-order valence-corrected chi connectivity index (χ4v) is 0.856. The minimum atomic E-state index is 0.420. The number of nitrogens with zero attached hydrogens (tertiary/aromatic N) is 1. The molecule has 0 aliphatic heterocycles. The quantitative estimate of drug-likeness (QED) is 0.484. The molecular weight excluding hydrogens is 152 g/mol. The molecule has 0 aliphatic carbocycles. The molecule has 54 valence electrons. The van der Waals surface area contributed by atoms with Crippen LogP contribution in [0.1, 0.15) is 5.69 Å². The van der Waals surface area contributed by atoms with Gasteiger partial charge in [-0.3, -0.25) is 0 Å². The number of aromatic nitrogens is 1. The molecule has 0 spiro atoms. The summed E-state index contributed by atoms with van der Waals surface area (Å²) in [4.78, 5) is 3.88. The SMILES string of the molecule is Cc1nc(Cl)ccc1[NH2+][O-]. The van der Waals surface area contributed by atoms with E-state index < -0.39 is 0 Å². The molecule has 1 heterocycles. The van der Waals surface area contributed by atoms with Gasteiger partial charge in [-0.15, -0.1) is 0 Å². The third kappa shape index (κ3) is 1.44. The third-order valence-corrected chi connectivity index (χ3v) is 1.43. The van der Waals surface area contributed by atoms with Gasteiger partial charge in [0.1, 0.15) is 5.15 Å². The second-order valence-electron chi connectivity index (χ2n) is 1.93. The molecule has 1 aromatic rings. The molecule has 0 radical (unpaired) electrons. The standard InChI is InChI=1S/C6H7ClN2O/c1-4-5(9-10)2-3-6(7)8-4/h2-3H,9H2,1H3. The summed E-state index contributed by atoms with van der Waals surface area (Å²) in [5.74, 6) is 0. The Bertz CT molecular complexity index is 239. The summed E-state index contributed by atoms with van der Waals surface area (Å²) in [5.41, 5.74) is 2.02. The van der Waals surface area contributed by atoms with Crippen molar-refractivity contribution >= 4 is 17.3 Å². The summed E-state index contributed by atoms with van der Waals surface area (Å²) < 4.78 is 0. The van der Waals surface area contributed by atoms with E-state index in [9.17, 15) is 5.21 Å². The maximum Gasteiger partial charge on any atom is 0.151 e. The highest BCUT2D eigenvalue weighted by molar-refractivity contribution is 6.29. The lowest BCUT2D eigenvalue weighted by Gasteiger charge is -2.02. The second kappa shape index (κ2) is 2.96. The van der Waals surface area contributed by atoms with Crippen LogP contribution in [0, 0.1) is 12.1 Å². The second-order valence-corrected chi connectivity index (χ2v) is 2.31. The average Bonchev–Trinajstić information content (AvgIpc) is 1.88. The normalized spacial score (nSPS) is 9.90. The van der Waals surface area contributed by atoms with Gasteiger partial charge in [0.05, 0.1) is 5.69 Å². The van der Waals surface area contributed by atoms with Crippen LogP contribution in [0.2, 0.25) is 5.15 Å². The number of hydrogen-bond donors (Lipinski definition) is 1. The lowest BCUT2D eigenvalue weighted by Crippen LogP contribution is -2.70. The first-order chi connectivity index (χ1) is 4.74. The summed E-state index contributed by atoms with van der Waals surface area (Å²) >= 11 is 5.55. The van der Waals surface area contributed by atoms with Gasteiger partial charge in [-0.05, 0) is 13.0 Å². The van der Waals surface area contributed by atoms with Crippen LogP contribution >= 0.6 is 11.6 Å². The number of quaternary nitrogens is 1. The van der Waals surface area contributed by atoms with Crippen LogP contribution in [0.15, 0.2) is 12.1 Å². The highest BCUT2D eigenvalue weighted by Crippen LogP contribution is 2.10. The van der Waals surface area contributed by atoms with Crippen molar-refractivity contribution in [3.8, 4) is 0 Å². The zero-order valence-electron chi connectivity index (χ0n) is 5.47. The van der Waals surface area contributed by atoms with Crippen molar-refractivity contribution in [3.63, 3.8) is 0 Å². The number of halogens is 1. The van der Waals surface area contributed by atoms with Gasteiger partial charge in [0, 0.05) is 6.07 Å². The first-order valence-corrected chi connectivity index (χ1v) is 3.20. The fraction of sp³-hybridized carbons (Fsp3) is 0.167. The van der Waals surface area contributed by atoms with Crippen molar-refractivity contribution in [2.45, 2.75) is 6.92 Å². The minimum absolute atomic E-state index is 0.420. The van der Waals surface area contributed by atoms with Crippen LogP contribution in [-0.2, 0) is 0 Å². The van der Waals surface area contributed by atoms with Crippen LogP contribution in [0.4, 0.5) is 5.69 Å². The topological polar surface area (TPSA) is 52.6 Å². The zero-order chi connectivity index (χ0) is 7.56. The molecule has 0 aromatic carbocycles. The van der Waals surface area contributed by atoms with E-state index in [1.165, 1.54) is 0 Å². The fourth-order valence-electron chi connectivity index (χ4n) is 0.666. The Morgan fingerprint density at radius 2 is 2.30 bits per heavy atom. The van der Waals surface area contributed by atoms with E-state index >= 15 is 0 Å². The van der Waals surface area contributed by atoms with E-state index in [1.807, 2.05) is 0 Å². The molecule has 2 N–H and O–H groups in total. The van der Waals surface area contributed by atoms with Crippen LogP contribution in [0.3, 0.4) is 0 Å². The largest absolute Gasteiger partial charge is 0.630 e.